The zero-order chi connectivity index (χ0) is 26.9. The topological polar surface area (TPSA) is 154 Å². The number of benzene rings is 1. The van der Waals surface area contributed by atoms with Crippen LogP contribution in [-0.4, -0.2) is 55.1 Å². The third kappa shape index (κ3) is 5.95. The highest BCUT2D eigenvalue weighted by molar-refractivity contribution is 7.84. The lowest BCUT2D eigenvalue weighted by molar-refractivity contribution is 0.0697. The monoisotopic (exact) mass is 558 g/mol. The first kappa shape index (κ1) is 26.9. The number of ether oxygens (including phenoxy) is 1. The highest BCUT2D eigenvalue weighted by Crippen LogP contribution is 2.38. The second-order valence-corrected chi connectivity index (χ2v) is 12.2. The van der Waals surface area contributed by atoms with E-state index in [0.29, 0.717) is 42.3 Å². The molecule has 0 saturated heterocycles. The molecule has 10 nitrogen and oxygen atoms in total. The van der Waals surface area contributed by atoms with Crippen LogP contribution in [0.1, 0.15) is 55.7 Å². The molecule has 2 aromatic heterocycles. The van der Waals surface area contributed by atoms with Crippen molar-refractivity contribution >= 4 is 33.2 Å². The van der Waals surface area contributed by atoms with E-state index in [1.807, 2.05) is 25.1 Å². The number of ketones is 1. The minimum Gasteiger partial charge on any atom is -0.393 e. The molecule has 202 valence electrons. The molecule has 0 spiro atoms. The van der Waals surface area contributed by atoms with Gasteiger partial charge in [0.15, 0.2) is 0 Å². The molecule has 1 aliphatic heterocycles. The molecule has 12 heteroatoms. The zero-order valence-corrected chi connectivity index (χ0v) is 22.5. The van der Waals surface area contributed by atoms with Gasteiger partial charge in [-0.25, -0.2) is 15.1 Å². The summed E-state index contributed by atoms with van der Waals surface area (Å²) >= 11 is 1.43. The number of carbonyl (C=O) groups is 1. The minimum absolute atomic E-state index is 0.0381. The van der Waals surface area contributed by atoms with Crippen LogP contribution in [0.4, 0.5) is 5.82 Å². The normalized spacial score (nSPS) is 23.2. The smallest absolute Gasteiger partial charge is 0.333 e. The molecular formula is C26H30N4O6S2. The fraction of sp³-hybridized carbons (Fsp3) is 0.423. The molecule has 4 N–H and O–H groups in total. The number of anilines is 1. The van der Waals surface area contributed by atoms with Crippen molar-refractivity contribution in [2.45, 2.75) is 38.4 Å². The zero-order valence-electron chi connectivity index (χ0n) is 20.9. The summed E-state index contributed by atoms with van der Waals surface area (Å²) in [5, 5.41) is 18.4. The molecule has 3 heterocycles. The first-order chi connectivity index (χ1) is 18.2. The first-order valence-corrected chi connectivity index (χ1v) is 14.7. The summed E-state index contributed by atoms with van der Waals surface area (Å²) in [7, 11) is -4.06. The van der Waals surface area contributed by atoms with Crippen LogP contribution in [0.5, 0.6) is 0 Å². The summed E-state index contributed by atoms with van der Waals surface area (Å²) in [6, 6.07) is 10.2. The number of hydrogen-bond donors (Lipinski definition) is 3. The molecule has 4 atom stereocenters. The van der Waals surface area contributed by atoms with Gasteiger partial charge < -0.3 is 15.2 Å². The predicted octanol–water partition coefficient (Wildman–Crippen LogP) is 2.76. The molecule has 2 aliphatic rings. The van der Waals surface area contributed by atoms with Gasteiger partial charge in [0.05, 0.1) is 29.8 Å². The Kier molecular flexibility index (Phi) is 7.89. The fourth-order valence-electron chi connectivity index (χ4n) is 5.27. The van der Waals surface area contributed by atoms with Crippen molar-refractivity contribution in [1.29, 1.82) is 0 Å². The van der Waals surface area contributed by atoms with Crippen molar-refractivity contribution in [3.63, 3.8) is 0 Å². The van der Waals surface area contributed by atoms with E-state index >= 15 is 0 Å². The van der Waals surface area contributed by atoms with Crippen LogP contribution in [0.3, 0.4) is 0 Å². The number of fused-ring (bicyclic) bond motifs is 1. The molecule has 0 radical (unpaired) electrons. The summed E-state index contributed by atoms with van der Waals surface area (Å²) in [6.07, 6.45) is 3.87. The Morgan fingerprint density at radius 1 is 1.29 bits per heavy atom. The van der Waals surface area contributed by atoms with E-state index in [0.717, 1.165) is 22.4 Å². The second kappa shape index (κ2) is 11.2. The molecule has 1 saturated carbocycles. The summed E-state index contributed by atoms with van der Waals surface area (Å²) < 4.78 is 33.0. The number of nitrogens with zero attached hydrogens (tertiary/aromatic N) is 2. The van der Waals surface area contributed by atoms with Gasteiger partial charge >= 0.3 is 10.3 Å². The van der Waals surface area contributed by atoms with Gasteiger partial charge in [-0.1, -0.05) is 24.3 Å². The Balaban J connectivity index is 1.29. The number of nitrogens with two attached hydrogens (primary N) is 1. The Morgan fingerprint density at radius 3 is 2.92 bits per heavy atom. The van der Waals surface area contributed by atoms with Crippen LogP contribution in [0, 0.1) is 18.8 Å². The maximum atomic E-state index is 13.6. The van der Waals surface area contributed by atoms with E-state index in [4.69, 9.17) is 9.88 Å². The van der Waals surface area contributed by atoms with E-state index in [-0.39, 0.29) is 30.3 Å². The van der Waals surface area contributed by atoms with E-state index in [1.165, 1.54) is 29.4 Å². The molecule has 5 rings (SSSR count). The molecule has 0 amide bonds. The molecular weight excluding hydrogens is 528 g/mol. The van der Waals surface area contributed by atoms with Gasteiger partial charge in [-0.2, -0.15) is 8.42 Å². The Labute approximate surface area is 225 Å². The van der Waals surface area contributed by atoms with E-state index in [2.05, 4.69) is 31.6 Å². The van der Waals surface area contributed by atoms with Crippen LogP contribution < -0.4 is 10.5 Å². The number of aliphatic hydroxyl groups is 1. The minimum atomic E-state index is -4.06. The maximum Gasteiger partial charge on any atom is 0.333 e. The van der Waals surface area contributed by atoms with Crippen LogP contribution in [0.15, 0.2) is 42.9 Å². The number of rotatable bonds is 9. The van der Waals surface area contributed by atoms with Crippen LogP contribution >= 0.6 is 11.3 Å². The number of aliphatic hydroxyl groups excluding tert-OH is 1. The van der Waals surface area contributed by atoms with Crippen LogP contribution in [-0.2, 0) is 25.6 Å². The molecule has 1 aliphatic carbocycles. The average molecular weight is 559 g/mol. The average Bonchev–Trinajstić information content (AvgIpc) is 3.47. The standard InChI is InChI=1S/C26H30N4O6S2/c1-15-20(25-19-5-3-2-4-17(19)6-7-35-25)10-23(37-15)24(32)21-12-28-14-30-26(21)29-11-16-8-18(22(31)9-16)13-36-38(27,33)34/h2-5,10,12,14,16,18,22,25,31H,6-9,11,13H2,1H3,(H2,27,33,34)(H,28,29,30)/t16-,18-,22+,25?/m1/s1. The Morgan fingerprint density at radius 2 is 2.11 bits per heavy atom. The lowest BCUT2D eigenvalue weighted by Crippen LogP contribution is -2.24. The number of carbonyl (C=O) groups excluding carboxylic acids is 1. The first-order valence-electron chi connectivity index (χ1n) is 12.4. The van der Waals surface area contributed by atoms with Crippen molar-refractivity contribution in [2.75, 3.05) is 25.1 Å². The third-order valence-electron chi connectivity index (χ3n) is 7.17. The maximum absolute atomic E-state index is 13.6. The summed E-state index contributed by atoms with van der Waals surface area (Å²) in [4.78, 5) is 23.5. The molecule has 1 aromatic carbocycles. The van der Waals surface area contributed by atoms with Crippen molar-refractivity contribution in [2.24, 2.45) is 17.0 Å². The third-order valence-corrected chi connectivity index (χ3v) is 8.70. The summed E-state index contributed by atoms with van der Waals surface area (Å²) in [6.45, 7) is 2.91. The molecule has 1 unspecified atom stereocenters. The highest BCUT2D eigenvalue weighted by Gasteiger charge is 2.34. The van der Waals surface area contributed by atoms with E-state index < -0.39 is 16.4 Å². The largest absolute Gasteiger partial charge is 0.393 e. The van der Waals surface area contributed by atoms with Gasteiger partial charge in [-0.05, 0) is 54.9 Å². The van der Waals surface area contributed by atoms with E-state index in [1.54, 1.807) is 0 Å². The molecule has 38 heavy (non-hydrogen) atoms. The van der Waals surface area contributed by atoms with Gasteiger partial charge in [0.1, 0.15) is 18.2 Å². The fourth-order valence-corrected chi connectivity index (χ4v) is 6.64. The van der Waals surface area contributed by atoms with Gasteiger partial charge in [0.25, 0.3) is 0 Å². The molecule has 0 bridgehead atoms. The Bertz CT molecular complexity index is 1430. The predicted molar refractivity (Wildman–Crippen MR) is 142 cm³/mol. The van der Waals surface area contributed by atoms with Crippen molar-refractivity contribution in [3.8, 4) is 0 Å². The SMILES string of the molecule is Cc1sc(C(=O)c2cncnc2NC[C@@H]2C[C@H](COS(N)(=O)=O)[C@@H](O)C2)cc1C1OCCc2ccccc21. The number of aromatic nitrogens is 2. The molecule has 1 fully saturated rings. The van der Waals surface area contributed by atoms with Crippen molar-refractivity contribution < 1.29 is 27.2 Å². The lowest BCUT2D eigenvalue weighted by Gasteiger charge is -2.26. The quantitative estimate of drug-likeness (QED) is 0.336. The van der Waals surface area contributed by atoms with Gasteiger partial charge in [-0.15, -0.1) is 11.3 Å². The van der Waals surface area contributed by atoms with Crippen LogP contribution in [0.25, 0.3) is 0 Å². The van der Waals surface area contributed by atoms with E-state index in [9.17, 15) is 18.3 Å². The van der Waals surface area contributed by atoms with Gasteiger partial charge in [0, 0.05) is 23.5 Å². The number of hydrogen-bond acceptors (Lipinski definition) is 10. The van der Waals surface area contributed by atoms with Crippen molar-refractivity contribution in [1.82, 2.24) is 9.97 Å². The Hall–Kier alpha value is -2.74. The van der Waals surface area contributed by atoms with Crippen LogP contribution in [0.2, 0.25) is 0 Å². The van der Waals surface area contributed by atoms with Gasteiger partial charge in [-0.3, -0.25) is 8.98 Å². The second-order valence-electron chi connectivity index (χ2n) is 9.76. The number of aryl methyl sites for hydroxylation is 1. The van der Waals surface area contributed by atoms with Crippen molar-refractivity contribution in [3.05, 3.63) is 74.9 Å². The van der Waals surface area contributed by atoms with Gasteiger partial charge in [0.2, 0.25) is 5.78 Å². The number of nitrogens with one attached hydrogen (secondary N) is 1. The highest BCUT2D eigenvalue weighted by atomic mass is 32.2. The number of thiophene rings is 1. The lowest BCUT2D eigenvalue weighted by atomic mass is 9.93. The molecule has 3 aromatic rings. The summed E-state index contributed by atoms with van der Waals surface area (Å²) in [5.74, 6) is -0.0691. The summed E-state index contributed by atoms with van der Waals surface area (Å²) in [5.41, 5.74) is 3.75.